The van der Waals surface area contributed by atoms with Gasteiger partial charge in [0, 0.05) is 26.1 Å². The maximum atomic E-state index is 5.27. The van der Waals surface area contributed by atoms with Gasteiger partial charge < -0.3 is 15.4 Å². The SMILES string of the molecule is COCCNC(=S)NCCC(c1ccccc1)c1ccccc1. The summed E-state index contributed by atoms with van der Waals surface area (Å²) >= 11 is 5.27. The van der Waals surface area contributed by atoms with Crippen molar-refractivity contribution >= 4 is 17.3 Å². The van der Waals surface area contributed by atoms with Gasteiger partial charge in [0.05, 0.1) is 6.61 Å². The van der Waals surface area contributed by atoms with Gasteiger partial charge in [-0.15, -0.1) is 0 Å². The van der Waals surface area contributed by atoms with Crippen molar-refractivity contribution in [3.63, 3.8) is 0 Å². The van der Waals surface area contributed by atoms with Crippen LogP contribution in [0.5, 0.6) is 0 Å². The van der Waals surface area contributed by atoms with Gasteiger partial charge in [-0.3, -0.25) is 0 Å². The quantitative estimate of drug-likeness (QED) is 0.575. The van der Waals surface area contributed by atoms with Crippen LogP contribution in [0.3, 0.4) is 0 Å². The Morgan fingerprint density at radius 2 is 1.43 bits per heavy atom. The molecule has 0 bridgehead atoms. The maximum Gasteiger partial charge on any atom is 0.166 e. The van der Waals surface area contributed by atoms with E-state index in [4.69, 9.17) is 17.0 Å². The van der Waals surface area contributed by atoms with E-state index in [-0.39, 0.29) is 0 Å². The molecule has 0 saturated heterocycles. The fraction of sp³-hybridized carbons (Fsp3) is 0.316. The van der Waals surface area contributed by atoms with E-state index in [0.29, 0.717) is 17.6 Å². The van der Waals surface area contributed by atoms with Gasteiger partial charge in [0.15, 0.2) is 5.11 Å². The van der Waals surface area contributed by atoms with Gasteiger partial charge in [-0.1, -0.05) is 60.7 Å². The fourth-order valence-electron chi connectivity index (χ4n) is 2.56. The largest absolute Gasteiger partial charge is 0.383 e. The molecule has 0 spiro atoms. The van der Waals surface area contributed by atoms with Crippen molar-refractivity contribution in [2.75, 3.05) is 26.8 Å². The van der Waals surface area contributed by atoms with Gasteiger partial charge in [-0.25, -0.2) is 0 Å². The molecule has 0 heterocycles. The van der Waals surface area contributed by atoms with E-state index in [1.54, 1.807) is 7.11 Å². The highest BCUT2D eigenvalue weighted by Gasteiger charge is 2.13. The van der Waals surface area contributed by atoms with Crippen LogP contribution >= 0.6 is 12.2 Å². The van der Waals surface area contributed by atoms with Crippen LogP contribution in [0.1, 0.15) is 23.5 Å². The van der Waals surface area contributed by atoms with Gasteiger partial charge in [0.25, 0.3) is 0 Å². The molecule has 0 aromatic heterocycles. The molecule has 0 aliphatic heterocycles. The summed E-state index contributed by atoms with van der Waals surface area (Å²) < 4.78 is 5.00. The van der Waals surface area contributed by atoms with Crippen LogP contribution < -0.4 is 10.6 Å². The Balaban J connectivity index is 1.93. The molecule has 2 rings (SSSR count). The molecule has 2 N–H and O–H groups in total. The van der Waals surface area contributed by atoms with Crippen molar-refractivity contribution in [3.8, 4) is 0 Å². The highest BCUT2D eigenvalue weighted by Crippen LogP contribution is 2.27. The number of ether oxygens (including phenoxy) is 1. The second-order valence-corrected chi connectivity index (χ2v) is 5.75. The lowest BCUT2D eigenvalue weighted by Crippen LogP contribution is -2.37. The average Bonchev–Trinajstić information content (AvgIpc) is 2.60. The van der Waals surface area contributed by atoms with Crippen LogP contribution in [-0.2, 0) is 4.74 Å². The minimum Gasteiger partial charge on any atom is -0.383 e. The van der Waals surface area contributed by atoms with Crippen molar-refractivity contribution in [3.05, 3.63) is 71.8 Å². The Bertz CT molecular complexity index is 535. The van der Waals surface area contributed by atoms with E-state index in [2.05, 4.69) is 71.3 Å². The Labute approximate surface area is 144 Å². The molecule has 4 heteroatoms. The zero-order valence-corrected chi connectivity index (χ0v) is 14.3. The van der Waals surface area contributed by atoms with E-state index < -0.39 is 0 Å². The molecule has 0 unspecified atom stereocenters. The average molecular weight is 328 g/mol. The van der Waals surface area contributed by atoms with Crippen LogP contribution in [0, 0.1) is 0 Å². The molecule has 0 fully saturated rings. The van der Waals surface area contributed by atoms with Gasteiger partial charge in [-0.05, 0) is 29.8 Å². The fourth-order valence-corrected chi connectivity index (χ4v) is 2.76. The smallest absolute Gasteiger partial charge is 0.166 e. The summed E-state index contributed by atoms with van der Waals surface area (Å²) in [7, 11) is 1.68. The summed E-state index contributed by atoms with van der Waals surface area (Å²) in [5.41, 5.74) is 2.66. The normalized spacial score (nSPS) is 10.5. The minimum atomic E-state index is 0.367. The number of thiocarbonyl (C=S) groups is 1. The van der Waals surface area contributed by atoms with Crippen LogP contribution in [0.25, 0.3) is 0 Å². The lowest BCUT2D eigenvalue weighted by molar-refractivity contribution is 0.204. The number of nitrogens with one attached hydrogen (secondary N) is 2. The first-order valence-electron chi connectivity index (χ1n) is 7.92. The Kier molecular flexibility index (Phi) is 7.57. The van der Waals surface area contributed by atoms with Crippen molar-refractivity contribution < 1.29 is 4.74 Å². The van der Waals surface area contributed by atoms with Crippen molar-refractivity contribution in [2.24, 2.45) is 0 Å². The molecule has 0 aliphatic carbocycles. The highest BCUT2D eigenvalue weighted by molar-refractivity contribution is 7.80. The molecule has 0 saturated carbocycles. The summed E-state index contributed by atoms with van der Waals surface area (Å²) in [5, 5.41) is 7.09. The highest BCUT2D eigenvalue weighted by atomic mass is 32.1. The van der Waals surface area contributed by atoms with Crippen molar-refractivity contribution in [1.29, 1.82) is 0 Å². The zero-order valence-electron chi connectivity index (χ0n) is 13.5. The molecule has 3 nitrogen and oxygen atoms in total. The summed E-state index contributed by atoms with van der Waals surface area (Å²) in [6.07, 6.45) is 0.986. The second kappa shape index (κ2) is 9.98. The monoisotopic (exact) mass is 328 g/mol. The molecule has 0 radical (unpaired) electrons. The lowest BCUT2D eigenvalue weighted by atomic mass is 9.88. The predicted octanol–water partition coefficient (Wildman–Crippen LogP) is 3.32. The van der Waals surface area contributed by atoms with E-state index in [1.807, 2.05) is 0 Å². The third-order valence-corrected chi connectivity index (χ3v) is 4.00. The number of hydrogen-bond donors (Lipinski definition) is 2. The molecule has 0 amide bonds. The zero-order chi connectivity index (χ0) is 16.3. The predicted molar refractivity (Wildman–Crippen MR) is 99.8 cm³/mol. The third kappa shape index (κ3) is 6.00. The number of rotatable bonds is 8. The molecule has 122 valence electrons. The van der Waals surface area contributed by atoms with Crippen LogP contribution in [-0.4, -0.2) is 31.9 Å². The Hall–Kier alpha value is -1.91. The molecular formula is C19H24N2OS. The van der Waals surface area contributed by atoms with Crippen molar-refractivity contribution in [2.45, 2.75) is 12.3 Å². The van der Waals surface area contributed by atoms with E-state index in [0.717, 1.165) is 19.5 Å². The molecule has 0 aliphatic rings. The third-order valence-electron chi connectivity index (χ3n) is 3.71. The maximum absolute atomic E-state index is 5.27. The number of benzene rings is 2. The molecular weight excluding hydrogens is 304 g/mol. The summed E-state index contributed by atoms with van der Waals surface area (Å²) in [6, 6.07) is 21.2. The number of hydrogen-bond acceptors (Lipinski definition) is 2. The lowest BCUT2D eigenvalue weighted by Gasteiger charge is -2.19. The van der Waals surface area contributed by atoms with Crippen LogP contribution in [0.4, 0.5) is 0 Å². The minimum absolute atomic E-state index is 0.367. The first kappa shape index (κ1) is 17.4. The van der Waals surface area contributed by atoms with E-state index in [1.165, 1.54) is 11.1 Å². The topological polar surface area (TPSA) is 33.3 Å². The second-order valence-electron chi connectivity index (χ2n) is 5.34. The first-order valence-corrected chi connectivity index (χ1v) is 8.32. The van der Waals surface area contributed by atoms with Crippen LogP contribution in [0.2, 0.25) is 0 Å². The van der Waals surface area contributed by atoms with Gasteiger partial charge in [-0.2, -0.15) is 0 Å². The summed E-state index contributed by atoms with van der Waals surface area (Å²) in [4.78, 5) is 0. The first-order chi connectivity index (χ1) is 11.3. The Morgan fingerprint density at radius 3 is 1.96 bits per heavy atom. The molecule has 23 heavy (non-hydrogen) atoms. The van der Waals surface area contributed by atoms with Gasteiger partial charge in [0.2, 0.25) is 0 Å². The van der Waals surface area contributed by atoms with E-state index in [9.17, 15) is 0 Å². The standard InChI is InChI=1S/C19H24N2OS/c1-22-15-14-21-19(23)20-13-12-18(16-8-4-2-5-9-16)17-10-6-3-7-11-17/h2-11,18H,12-15H2,1H3,(H2,20,21,23). The summed E-state index contributed by atoms with van der Waals surface area (Å²) in [6.45, 7) is 2.20. The Morgan fingerprint density at radius 1 is 0.913 bits per heavy atom. The molecule has 2 aromatic rings. The van der Waals surface area contributed by atoms with Crippen molar-refractivity contribution in [1.82, 2.24) is 10.6 Å². The van der Waals surface area contributed by atoms with Gasteiger partial charge >= 0.3 is 0 Å². The molecule has 0 atom stereocenters. The summed E-state index contributed by atoms with van der Waals surface area (Å²) in [5.74, 6) is 0.367. The van der Waals surface area contributed by atoms with Gasteiger partial charge in [0.1, 0.15) is 0 Å². The number of methoxy groups -OCH3 is 1. The molecule has 2 aromatic carbocycles. The van der Waals surface area contributed by atoms with Crippen LogP contribution in [0.15, 0.2) is 60.7 Å². The van der Waals surface area contributed by atoms with E-state index >= 15 is 0 Å².